The Hall–Kier alpha value is -3.42. The van der Waals surface area contributed by atoms with Gasteiger partial charge in [-0.05, 0) is 44.2 Å². The van der Waals surface area contributed by atoms with E-state index < -0.39 is 5.78 Å². The number of carbonyl (C=O) groups is 2. The lowest BCUT2D eigenvalue weighted by Crippen LogP contribution is -2.24. The van der Waals surface area contributed by atoms with Crippen LogP contribution in [0, 0.1) is 0 Å². The minimum Gasteiger partial charge on any atom is -0.504 e. The summed E-state index contributed by atoms with van der Waals surface area (Å²) in [7, 11) is 0. The highest BCUT2D eigenvalue weighted by molar-refractivity contribution is 6.31. The normalized spacial score (nSPS) is 12.1. The average molecular weight is 1150 g/mol. The van der Waals surface area contributed by atoms with Crippen molar-refractivity contribution in [2.24, 2.45) is 0 Å². The third kappa shape index (κ3) is 31.6. The fourth-order valence-corrected chi connectivity index (χ4v) is 11.8. The predicted octanol–water partition coefficient (Wildman–Crippen LogP) is 23.7. The quantitative estimate of drug-likeness (QED) is 0.0558. The Labute approximate surface area is 505 Å². The zero-order valence-electron chi connectivity index (χ0n) is 54.4. The zero-order valence-corrected chi connectivity index (χ0v) is 54.4. The molecule has 8 heteroatoms. The monoisotopic (exact) mass is 1140 g/mol. The van der Waals surface area contributed by atoms with Gasteiger partial charge in [0, 0.05) is 11.1 Å². The van der Waals surface area contributed by atoms with Crippen LogP contribution in [-0.4, -0.2) is 49.7 Å². The molecule has 0 spiro atoms. The maximum Gasteiger partial charge on any atom is 0.204 e. The first-order valence-electron chi connectivity index (χ1n) is 35.8. The van der Waals surface area contributed by atoms with Gasteiger partial charge in [0.1, 0.15) is 0 Å². The number of fused-ring (bicyclic) bond motifs is 2. The summed E-state index contributed by atoms with van der Waals surface area (Å²) in [4.78, 5) is 30.5. The van der Waals surface area contributed by atoms with E-state index in [9.17, 15) is 5.11 Å². The SMILES string of the molecule is CCCCCCCCCCCCOc1cc2c(c(O)c1OCCCCCCCCCCCC)C(=O)c1cc(OCCCCCCCCCCCC)c(OCCCCCCCCCCCC)c(OCCCCCCCCCCCC)c1C2=O. The van der Waals surface area contributed by atoms with Gasteiger partial charge in [0.15, 0.2) is 34.6 Å². The summed E-state index contributed by atoms with van der Waals surface area (Å²) < 4.78 is 33.2. The lowest BCUT2D eigenvalue weighted by atomic mass is 9.82. The molecule has 472 valence electrons. The molecule has 0 saturated carbocycles. The number of hydrogen-bond acceptors (Lipinski definition) is 8. The molecule has 2 aromatic rings. The Morgan fingerprint density at radius 1 is 0.256 bits per heavy atom. The molecule has 0 radical (unpaired) electrons. The molecule has 0 atom stereocenters. The van der Waals surface area contributed by atoms with Crippen molar-refractivity contribution in [3.8, 4) is 34.5 Å². The van der Waals surface area contributed by atoms with Gasteiger partial charge in [0.25, 0.3) is 0 Å². The summed E-state index contributed by atoms with van der Waals surface area (Å²) in [6, 6.07) is 3.36. The van der Waals surface area contributed by atoms with E-state index >= 15 is 9.59 Å². The molecule has 0 amide bonds. The number of aromatic hydroxyl groups is 1. The van der Waals surface area contributed by atoms with Crippen molar-refractivity contribution in [2.75, 3.05) is 33.0 Å². The number of carbonyl (C=O) groups excluding carboxylic acids is 2. The van der Waals surface area contributed by atoms with Gasteiger partial charge in [-0.25, -0.2) is 0 Å². The van der Waals surface area contributed by atoms with Crippen LogP contribution in [-0.2, 0) is 0 Å². The topological polar surface area (TPSA) is 101 Å². The third-order valence-electron chi connectivity index (χ3n) is 17.1. The summed E-state index contributed by atoms with van der Waals surface area (Å²) in [5, 5.41) is 12.3. The van der Waals surface area contributed by atoms with Gasteiger partial charge in [-0.15, -0.1) is 0 Å². The van der Waals surface area contributed by atoms with Gasteiger partial charge >= 0.3 is 0 Å². The van der Waals surface area contributed by atoms with Crippen molar-refractivity contribution in [1.29, 1.82) is 0 Å². The van der Waals surface area contributed by atoms with Crippen molar-refractivity contribution < 1.29 is 38.4 Å². The van der Waals surface area contributed by atoms with Crippen LogP contribution in [0.25, 0.3) is 0 Å². The van der Waals surface area contributed by atoms with Gasteiger partial charge < -0.3 is 28.8 Å². The number of rotatable bonds is 60. The van der Waals surface area contributed by atoms with E-state index in [4.69, 9.17) is 23.7 Å². The summed E-state index contributed by atoms with van der Waals surface area (Å²) >= 11 is 0. The molecular weight excluding hydrogens is 1020 g/mol. The molecule has 0 aromatic heterocycles. The first-order chi connectivity index (χ1) is 40.4. The van der Waals surface area contributed by atoms with E-state index in [0.29, 0.717) is 50.3 Å². The second kappa shape index (κ2) is 50.9. The van der Waals surface area contributed by atoms with Gasteiger partial charge in [0.05, 0.1) is 44.2 Å². The standard InChI is InChI=1S/C74H128O8/c1-6-11-16-21-26-31-36-41-46-51-56-78-65-61-63-67(71(77)72(65)80-58-53-48-43-38-33-28-23-18-13-8-3)69(75)64-62-66(79-57-52-47-42-37-32-27-22-17-12-7-2)73(81-59-54-49-44-39-34-29-24-19-14-9-4)74(68(64)70(63)76)82-60-55-50-45-40-35-30-25-20-15-10-5/h61-62,77H,6-60H2,1-5H3. The van der Waals surface area contributed by atoms with E-state index in [0.717, 1.165) is 96.3 Å². The van der Waals surface area contributed by atoms with E-state index in [2.05, 4.69) is 34.6 Å². The second-order valence-electron chi connectivity index (χ2n) is 24.7. The van der Waals surface area contributed by atoms with Crippen LogP contribution in [0.4, 0.5) is 0 Å². The highest BCUT2D eigenvalue weighted by Gasteiger charge is 2.40. The Morgan fingerprint density at radius 3 is 0.756 bits per heavy atom. The molecule has 0 heterocycles. The lowest BCUT2D eigenvalue weighted by Gasteiger charge is -2.26. The summed E-state index contributed by atoms with van der Waals surface area (Å²) in [5.41, 5.74) is 0.438. The molecule has 1 N–H and O–H groups in total. The van der Waals surface area contributed by atoms with Crippen molar-refractivity contribution in [2.45, 2.75) is 356 Å². The fraction of sp³-hybridized carbons (Fsp3) is 0.811. The van der Waals surface area contributed by atoms with Crippen molar-refractivity contribution in [1.82, 2.24) is 0 Å². The lowest BCUT2D eigenvalue weighted by molar-refractivity contribution is 0.0969. The molecule has 0 unspecified atom stereocenters. The average Bonchev–Trinajstić information content (AvgIpc) is 3.64. The smallest absolute Gasteiger partial charge is 0.204 e. The number of ether oxygens (including phenoxy) is 5. The number of ketones is 2. The van der Waals surface area contributed by atoms with Gasteiger partial charge in [0.2, 0.25) is 11.5 Å². The van der Waals surface area contributed by atoms with Crippen LogP contribution in [0.3, 0.4) is 0 Å². The van der Waals surface area contributed by atoms with Crippen LogP contribution in [0.15, 0.2) is 12.1 Å². The Balaban J connectivity index is 1.94. The maximum atomic E-state index is 15.4. The first-order valence-corrected chi connectivity index (χ1v) is 35.8. The zero-order chi connectivity index (χ0) is 58.8. The Bertz CT molecular complexity index is 1870. The molecule has 0 aliphatic heterocycles. The number of phenolic OH excluding ortho intramolecular Hbond substituents is 1. The maximum absolute atomic E-state index is 15.4. The molecule has 0 bridgehead atoms. The highest BCUT2D eigenvalue weighted by atomic mass is 16.5. The molecular formula is C74H128O8. The molecule has 82 heavy (non-hydrogen) atoms. The third-order valence-corrected chi connectivity index (χ3v) is 17.1. The minimum absolute atomic E-state index is 0.0396. The largest absolute Gasteiger partial charge is 0.504 e. The van der Waals surface area contributed by atoms with E-state index in [-0.39, 0.29) is 45.3 Å². The molecule has 2 aromatic carbocycles. The van der Waals surface area contributed by atoms with Gasteiger partial charge in [-0.2, -0.15) is 0 Å². The van der Waals surface area contributed by atoms with Gasteiger partial charge in [-0.3, -0.25) is 9.59 Å². The second-order valence-corrected chi connectivity index (χ2v) is 24.7. The van der Waals surface area contributed by atoms with Gasteiger partial charge in [-0.1, -0.05) is 324 Å². The summed E-state index contributed by atoms with van der Waals surface area (Å²) in [6.07, 6.45) is 60.3. The molecule has 3 rings (SSSR count). The van der Waals surface area contributed by atoms with E-state index in [1.54, 1.807) is 12.1 Å². The number of hydrogen-bond donors (Lipinski definition) is 1. The van der Waals surface area contributed by atoms with Crippen LogP contribution in [0.5, 0.6) is 34.5 Å². The number of phenols is 1. The van der Waals surface area contributed by atoms with E-state index in [1.807, 2.05) is 0 Å². The molecule has 0 saturated heterocycles. The number of unbranched alkanes of at least 4 members (excludes halogenated alkanes) is 45. The Kier molecular flexibility index (Phi) is 45.2. The van der Waals surface area contributed by atoms with E-state index in [1.165, 1.54) is 225 Å². The predicted molar refractivity (Wildman–Crippen MR) is 348 cm³/mol. The fourth-order valence-electron chi connectivity index (χ4n) is 11.8. The molecule has 0 fully saturated rings. The van der Waals surface area contributed by atoms with Crippen molar-refractivity contribution in [3.05, 3.63) is 34.4 Å². The van der Waals surface area contributed by atoms with Crippen LogP contribution in [0.1, 0.15) is 388 Å². The van der Waals surface area contributed by atoms with Crippen molar-refractivity contribution >= 4 is 11.6 Å². The summed E-state index contributed by atoms with van der Waals surface area (Å²) in [6.45, 7) is 13.4. The van der Waals surface area contributed by atoms with Crippen LogP contribution >= 0.6 is 0 Å². The molecule has 1 aliphatic rings. The minimum atomic E-state index is -0.444. The van der Waals surface area contributed by atoms with Crippen LogP contribution in [0.2, 0.25) is 0 Å². The van der Waals surface area contributed by atoms with Crippen LogP contribution < -0.4 is 23.7 Å². The molecule has 8 nitrogen and oxygen atoms in total. The highest BCUT2D eigenvalue weighted by Crippen LogP contribution is 2.51. The molecule has 1 aliphatic carbocycles. The first kappa shape index (κ1) is 72.8. The van der Waals surface area contributed by atoms with Crippen molar-refractivity contribution in [3.63, 3.8) is 0 Å². The number of benzene rings is 2. The Morgan fingerprint density at radius 2 is 0.463 bits per heavy atom. The summed E-state index contributed by atoms with van der Waals surface area (Å²) in [5.74, 6) is 0.441.